The summed E-state index contributed by atoms with van der Waals surface area (Å²) in [6.45, 7) is -0.908. The SMILES string of the molecule is CCCCCCCCC=CCCCCCCCCOCC(O)COP(O)(O)=S. The molecule has 0 aliphatic rings. The van der Waals surface area contributed by atoms with Crippen molar-refractivity contribution in [3.63, 3.8) is 0 Å². The summed E-state index contributed by atoms with van der Waals surface area (Å²) in [4.78, 5) is 17.8. The largest absolute Gasteiger partial charge is 0.388 e. The first-order chi connectivity index (χ1) is 13.5. The third-order valence-corrected chi connectivity index (χ3v) is 5.35. The number of ether oxygens (including phenoxy) is 1. The molecule has 0 heterocycles. The third kappa shape index (κ3) is 24.2. The maximum absolute atomic E-state index is 9.54. The van der Waals surface area contributed by atoms with E-state index in [-0.39, 0.29) is 13.2 Å². The second-order valence-corrected chi connectivity index (χ2v) is 10.1. The van der Waals surface area contributed by atoms with Crippen LogP contribution in [0.15, 0.2) is 12.2 Å². The fourth-order valence-electron chi connectivity index (χ4n) is 2.90. The van der Waals surface area contributed by atoms with Gasteiger partial charge in [-0.05, 0) is 43.9 Å². The van der Waals surface area contributed by atoms with Crippen LogP contribution in [0.3, 0.4) is 0 Å². The van der Waals surface area contributed by atoms with Crippen LogP contribution in [-0.4, -0.2) is 40.8 Å². The van der Waals surface area contributed by atoms with Gasteiger partial charge in [0.05, 0.1) is 13.2 Å². The molecule has 0 radical (unpaired) electrons. The number of unbranched alkanes of at least 4 members (excludes halogenated alkanes) is 12. The van der Waals surface area contributed by atoms with Gasteiger partial charge in [-0.15, -0.1) is 0 Å². The van der Waals surface area contributed by atoms with Crippen LogP contribution in [0, 0.1) is 0 Å². The first-order valence-electron chi connectivity index (χ1n) is 11.1. The highest BCUT2D eigenvalue weighted by Crippen LogP contribution is 2.36. The van der Waals surface area contributed by atoms with Crippen LogP contribution in [-0.2, 0) is 21.1 Å². The van der Waals surface area contributed by atoms with Gasteiger partial charge in [-0.2, -0.15) is 0 Å². The fourth-order valence-corrected chi connectivity index (χ4v) is 3.45. The lowest BCUT2D eigenvalue weighted by atomic mass is 10.1. The van der Waals surface area contributed by atoms with Crippen LogP contribution in [0.1, 0.15) is 96.8 Å². The van der Waals surface area contributed by atoms with E-state index in [4.69, 9.17) is 14.5 Å². The van der Waals surface area contributed by atoms with Crippen molar-refractivity contribution in [3.05, 3.63) is 12.2 Å². The predicted molar refractivity (Wildman–Crippen MR) is 121 cm³/mol. The Morgan fingerprint density at radius 2 is 1.29 bits per heavy atom. The smallest absolute Gasteiger partial charge is 0.321 e. The molecule has 5 nitrogen and oxygen atoms in total. The zero-order chi connectivity index (χ0) is 20.9. The second kappa shape index (κ2) is 20.5. The van der Waals surface area contributed by atoms with Gasteiger partial charge in [0.2, 0.25) is 0 Å². The minimum atomic E-state index is -3.68. The minimum Gasteiger partial charge on any atom is -0.388 e. The Morgan fingerprint density at radius 1 is 0.786 bits per heavy atom. The molecule has 0 saturated carbocycles. The molecule has 7 heteroatoms. The molecule has 1 atom stereocenters. The van der Waals surface area contributed by atoms with Crippen molar-refractivity contribution in [2.45, 2.75) is 103 Å². The molecule has 0 aromatic heterocycles. The molecule has 0 aromatic rings. The monoisotopic (exact) mass is 438 g/mol. The van der Waals surface area contributed by atoms with Gasteiger partial charge in [-0.25, -0.2) is 0 Å². The summed E-state index contributed by atoms with van der Waals surface area (Å²) in [5.41, 5.74) is 0. The zero-order valence-electron chi connectivity index (χ0n) is 17.8. The molecule has 0 bridgehead atoms. The normalized spacial score (nSPS) is 13.4. The molecule has 0 amide bonds. The first kappa shape index (κ1) is 28.2. The summed E-state index contributed by atoms with van der Waals surface area (Å²) >= 11 is 4.31. The lowest BCUT2D eigenvalue weighted by molar-refractivity contribution is 0.00838. The van der Waals surface area contributed by atoms with E-state index in [0.29, 0.717) is 6.61 Å². The van der Waals surface area contributed by atoms with Gasteiger partial charge in [0.25, 0.3) is 0 Å². The Kier molecular flexibility index (Phi) is 20.6. The molecule has 0 saturated heterocycles. The van der Waals surface area contributed by atoms with E-state index in [1.807, 2.05) is 0 Å². The summed E-state index contributed by atoms with van der Waals surface area (Å²) < 4.78 is 9.94. The van der Waals surface area contributed by atoms with Gasteiger partial charge < -0.3 is 24.2 Å². The molecule has 0 aromatic carbocycles. The lowest BCUT2D eigenvalue weighted by Gasteiger charge is -2.13. The zero-order valence-corrected chi connectivity index (χ0v) is 19.5. The van der Waals surface area contributed by atoms with E-state index in [0.717, 1.165) is 12.8 Å². The molecular formula is C21H43O5PS. The molecule has 0 spiro atoms. The standard InChI is InChI=1S/C21H43O5PS/c1-2-3-4-5-6-7-8-9-10-11-12-13-14-15-16-17-18-25-19-21(22)20-26-27(23,24)28/h9-10,21-22H,2-8,11-20H2,1H3,(H2,23,24,28). The van der Waals surface area contributed by atoms with E-state index in [1.165, 1.54) is 77.0 Å². The van der Waals surface area contributed by atoms with Gasteiger partial charge in [0, 0.05) is 6.61 Å². The van der Waals surface area contributed by atoms with Crippen molar-refractivity contribution in [2.75, 3.05) is 19.8 Å². The van der Waals surface area contributed by atoms with Crippen molar-refractivity contribution in [1.82, 2.24) is 0 Å². The first-order valence-corrected chi connectivity index (χ1v) is 13.7. The number of allylic oxidation sites excluding steroid dienone is 2. The topological polar surface area (TPSA) is 79.2 Å². The number of aliphatic hydroxyl groups is 1. The average molecular weight is 439 g/mol. The number of aliphatic hydroxyl groups excluding tert-OH is 1. The van der Waals surface area contributed by atoms with Crippen LogP contribution in [0.25, 0.3) is 0 Å². The van der Waals surface area contributed by atoms with Gasteiger partial charge in [0.15, 0.2) is 0 Å². The molecule has 0 fully saturated rings. The van der Waals surface area contributed by atoms with Crippen molar-refractivity contribution in [2.24, 2.45) is 0 Å². The highest BCUT2D eigenvalue weighted by atomic mass is 32.5. The van der Waals surface area contributed by atoms with Gasteiger partial charge >= 0.3 is 6.72 Å². The Bertz CT molecular complexity index is 400. The molecule has 168 valence electrons. The molecule has 0 rings (SSSR count). The summed E-state index contributed by atoms with van der Waals surface area (Å²) in [5, 5.41) is 9.54. The van der Waals surface area contributed by atoms with E-state index in [2.05, 4.69) is 35.4 Å². The second-order valence-electron chi connectivity index (χ2n) is 7.45. The molecule has 28 heavy (non-hydrogen) atoms. The predicted octanol–water partition coefficient (Wildman–Crippen LogP) is 5.63. The van der Waals surface area contributed by atoms with Crippen LogP contribution >= 0.6 is 6.72 Å². The summed E-state index contributed by atoms with van der Waals surface area (Å²) in [6, 6.07) is 0. The van der Waals surface area contributed by atoms with E-state index >= 15 is 0 Å². The summed E-state index contributed by atoms with van der Waals surface area (Å²) in [5.74, 6) is 0. The molecule has 0 aliphatic carbocycles. The van der Waals surface area contributed by atoms with Crippen molar-refractivity contribution >= 4 is 18.5 Å². The van der Waals surface area contributed by atoms with Crippen molar-refractivity contribution in [3.8, 4) is 0 Å². The number of hydrogen-bond acceptors (Lipinski definition) is 4. The van der Waals surface area contributed by atoms with E-state index in [9.17, 15) is 5.11 Å². The van der Waals surface area contributed by atoms with Gasteiger partial charge in [0.1, 0.15) is 6.10 Å². The van der Waals surface area contributed by atoms with E-state index < -0.39 is 12.8 Å². The van der Waals surface area contributed by atoms with Crippen LogP contribution in [0.2, 0.25) is 0 Å². The Hall–Kier alpha value is 0.190. The Labute approximate surface area is 177 Å². The summed E-state index contributed by atoms with van der Waals surface area (Å²) in [6.07, 6.45) is 21.6. The highest BCUT2D eigenvalue weighted by molar-refractivity contribution is 8.06. The maximum atomic E-state index is 9.54. The molecule has 0 aliphatic heterocycles. The molecular weight excluding hydrogens is 395 g/mol. The number of hydrogen-bond donors (Lipinski definition) is 3. The molecule has 1 unspecified atom stereocenters. The van der Waals surface area contributed by atoms with Crippen molar-refractivity contribution < 1.29 is 24.2 Å². The Balaban J connectivity index is 3.21. The molecule has 3 N–H and O–H groups in total. The van der Waals surface area contributed by atoms with Crippen LogP contribution in [0.4, 0.5) is 0 Å². The van der Waals surface area contributed by atoms with Gasteiger partial charge in [-0.1, -0.05) is 76.9 Å². The van der Waals surface area contributed by atoms with Crippen LogP contribution < -0.4 is 0 Å². The third-order valence-electron chi connectivity index (χ3n) is 4.55. The van der Waals surface area contributed by atoms with Crippen LogP contribution in [0.5, 0.6) is 0 Å². The quantitative estimate of drug-likeness (QED) is 0.122. The highest BCUT2D eigenvalue weighted by Gasteiger charge is 2.12. The van der Waals surface area contributed by atoms with Crippen molar-refractivity contribution in [1.29, 1.82) is 0 Å². The van der Waals surface area contributed by atoms with E-state index in [1.54, 1.807) is 0 Å². The number of rotatable bonds is 21. The fraction of sp³-hybridized carbons (Fsp3) is 0.905. The summed E-state index contributed by atoms with van der Waals surface area (Å²) in [7, 11) is 0. The Morgan fingerprint density at radius 3 is 1.82 bits per heavy atom. The average Bonchev–Trinajstić information content (AvgIpc) is 2.65. The lowest BCUT2D eigenvalue weighted by Crippen LogP contribution is -2.21. The maximum Gasteiger partial charge on any atom is 0.321 e. The minimum absolute atomic E-state index is 0.125. The van der Waals surface area contributed by atoms with Gasteiger partial charge in [-0.3, -0.25) is 0 Å².